The Morgan fingerprint density at radius 2 is 1.61 bits per heavy atom. The molecular formula is C15H10BrIO. The van der Waals surface area contributed by atoms with Gasteiger partial charge in [0, 0.05) is 13.6 Å². The van der Waals surface area contributed by atoms with E-state index < -0.39 is 0 Å². The fraction of sp³-hybridized carbons (Fsp3) is 0. The summed E-state index contributed by atoms with van der Waals surface area (Å²) in [5.41, 5.74) is 1.72. The van der Waals surface area contributed by atoms with Gasteiger partial charge in [0.1, 0.15) is 0 Å². The summed E-state index contributed by atoms with van der Waals surface area (Å²) in [6.07, 6.45) is 3.44. The van der Waals surface area contributed by atoms with Crippen LogP contribution >= 0.6 is 38.5 Å². The molecule has 0 fully saturated rings. The van der Waals surface area contributed by atoms with Crippen molar-refractivity contribution in [1.29, 1.82) is 0 Å². The van der Waals surface area contributed by atoms with E-state index in [9.17, 15) is 4.79 Å². The maximum atomic E-state index is 11.9. The van der Waals surface area contributed by atoms with Crippen molar-refractivity contribution in [3.8, 4) is 0 Å². The van der Waals surface area contributed by atoms with Gasteiger partial charge in [-0.25, -0.2) is 0 Å². The molecule has 0 atom stereocenters. The predicted octanol–water partition coefficient (Wildman–Crippen LogP) is 4.95. The lowest BCUT2D eigenvalue weighted by molar-refractivity contribution is 0.104. The van der Waals surface area contributed by atoms with Crippen molar-refractivity contribution in [3.63, 3.8) is 0 Å². The molecule has 0 radical (unpaired) electrons. The van der Waals surface area contributed by atoms with Crippen molar-refractivity contribution in [2.45, 2.75) is 0 Å². The van der Waals surface area contributed by atoms with Crippen LogP contribution in [0.4, 0.5) is 0 Å². The quantitative estimate of drug-likeness (QED) is 0.396. The van der Waals surface area contributed by atoms with Gasteiger partial charge >= 0.3 is 0 Å². The zero-order chi connectivity index (χ0) is 13.0. The van der Waals surface area contributed by atoms with E-state index in [1.165, 1.54) is 3.57 Å². The summed E-state index contributed by atoms with van der Waals surface area (Å²) in [6, 6.07) is 15.4. The van der Waals surface area contributed by atoms with Crippen LogP contribution in [-0.2, 0) is 0 Å². The summed E-state index contributed by atoms with van der Waals surface area (Å²) in [7, 11) is 0. The van der Waals surface area contributed by atoms with Gasteiger partial charge in [-0.15, -0.1) is 0 Å². The Hall–Kier alpha value is -0.940. The summed E-state index contributed by atoms with van der Waals surface area (Å²) >= 11 is 5.60. The SMILES string of the molecule is O=C(C=Cc1ccc(I)cc1)c1ccc(Br)cc1. The van der Waals surface area contributed by atoms with E-state index in [-0.39, 0.29) is 5.78 Å². The molecule has 0 aliphatic heterocycles. The van der Waals surface area contributed by atoms with Gasteiger partial charge < -0.3 is 0 Å². The van der Waals surface area contributed by atoms with E-state index in [0.29, 0.717) is 5.56 Å². The Morgan fingerprint density at radius 1 is 1.00 bits per heavy atom. The molecule has 90 valence electrons. The van der Waals surface area contributed by atoms with Gasteiger partial charge in [0.05, 0.1) is 0 Å². The number of ketones is 1. The molecule has 1 nitrogen and oxygen atoms in total. The molecule has 0 amide bonds. The minimum Gasteiger partial charge on any atom is -0.289 e. The van der Waals surface area contributed by atoms with E-state index >= 15 is 0 Å². The van der Waals surface area contributed by atoms with Crippen molar-refractivity contribution in [2.75, 3.05) is 0 Å². The smallest absolute Gasteiger partial charge is 0.185 e. The van der Waals surface area contributed by atoms with Crippen molar-refractivity contribution >= 4 is 50.4 Å². The molecule has 0 saturated heterocycles. The number of allylic oxidation sites excluding steroid dienone is 1. The number of rotatable bonds is 3. The van der Waals surface area contributed by atoms with Crippen molar-refractivity contribution in [1.82, 2.24) is 0 Å². The molecule has 2 aromatic rings. The standard InChI is InChI=1S/C15H10BrIO/c16-13-6-4-12(5-7-13)15(18)10-3-11-1-8-14(17)9-2-11/h1-10H. The Kier molecular flexibility index (Phi) is 4.72. The first kappa shape index (κ1) is 13.5. The fourth-order valence-electron chi connectivity index (χ4n) is 1.46. The van der Waals surface area contributed by atoms with Crippen LogP contribution < -0.4 is 0 Å². The second-order valence-corrected chi connectivity index (χ2v) is 5.92. The number of hydrogen-bond donors (Lipinski definition) is 0. The van der Waals surface area contributed by atoms with E-state index in [1.807, 2.05) is 54.6 Å². The summed E-state index contributed by atoms with van der Waals surface area (Å²) in [6.45, 7) is 0. The largest absolute Gasteiger partial charge is 0.289 e. The molecule has 0 aromatic heterocycles. The van der Waals surface area contributed by atoms with Crippen LogP contribution in [0.2, 0.25) is 0 Å². The number of halogens is 2. The lowest BCUT2D eigenvalue weighted by Crippen LogP contribution is -1.93. The number of carbonyl (C=O) groups is 1. The minimum absolute atomic E-state index is 0.0149. The highest BCUT2D eigenvalue weighted by atomic mass is 127. The van der Waals surface area contributed by atoms with Crippen molar-refractivity contribution in [3.05, 3.63) is 73.8 Å². The van der Waals surface area contributed by atoms with Crippen LogP contribution in [0.5, 0.6) is 0 Å². The molecule has 0 N–H and O–H groups in total. The van der Waals surface area contributed by atoms with Gasteiger partial charge in [0.2, 0.25) is 0 Å². The summed E-state index contributed by atoms with van der Waals surface area (Å²) < 4.78 is 2.16. The number of benzene rings is 2. The van der Waals surface area contributed by atoms with Crippen LogP contribution in [0, 0.1) is 3.57 Å². The highest BCUT2D eigenvalue weighted by molar-refractivity contribution is 14.1. The monoisotopic (exact) mass is 412 g/mol. The molecule has 18 heavy (non-hydrogen) atoms. The fourth-order valence-corrected chi connectivity index (χ4v) is 2.08. The van der Waals surface area contributed by atoms with E-state index in [0.717, 1.165) is 10.0 Å². The Labute approximate surface area is 128 Å². The average molecular weight is 413 g/mol. The van der Waals surface area contributed by atoms with Crippen LogP contribution in [0.1, 0.15) is 15.9 Å². The highest BCUT2D eigenvalue weighted by Crippen LogP contribution is 2.12. The first-order valence-corrected chi connectivity index (χ1v) is 7.26. The maximum absolute atomic E-state index is 11.9. The Bertz CT molecular complexity index is 570. The Morgan fingerprint density at radius 3 is 2.22 bits per heavy atom. The molecule has 0 unspecified atom stereocenters. The molecule has 0 aliphatic carbocycles. The van der Waals surface area contributed by atoms with Gasteiger partial charge in [-0.3, -0.25) is 4.79 Å². The van der Waals surface area contributed by atoms with Gasteiger partial charge in [0.15, 0.2) is 5.78 Å². The van der Waals surface area contributed by atoms with Crippen LogP contribution in [0.25, 0.3) is 6.08 Å². The molecule has 2 rings (SSSR count). The molecule has 0 heterocycles. The first-order valence-electron chi connectivity index (χ1n) is 5.39. The van der Waals surface area contributed by atoms with E-state index in [4.69, 9.17) is 0 Å². The molecule has 0 saturated carbocycles. The lowest BCUT2D eigenvalue weighted by atomic mass is 10.1. The van der Waals surface area contributed by atoms with E-state index in [2.05, 4.69) is 38.5 Å². The molecule has 3 heteroatoms. The van der Waals surface area contributed by atoms with E-state index in [1.54, 1.807) is 6.08 Å². The minimum atomic E-state index is 0.0149. The third-order valence-electron chi connectivity index (χ3n) is 2.43. The predicted molar refractivity (Wildman–Crippen MR) is 86.7 cm³/mol. The molecular weight excluding hydrogens is 403 g/mol. The molecule has 0 aliphatic rings. The third kappa shape index (κ3) is 3.78. The number of hydrogen-bond acceptors (Lipinski definition) is 1. The summed E-state index contributed by atoms with van der Waals surface area (Å²) in [4.78, 5) is 11.9. The second kappa shape index (κ2) is 6.29. The average Bonchev–Trinajstić information content (AvgIpc) is 2.38. The topological polar surface area (TPSA) is 17.1 Å². The maximum Gasteiger partial charge on any atom is 0.185 e. The lowest BCUT2D eigenvalue weighted by Gasteiger charge is -1.96. The van der Waals surface area contributed by atoms with Gasteiger partial charge in [0.25, 0.3) is 0 Å². The normalized spacial score (nSPS) is 10.8. The molecule has 0 bridgehead atoms. The summed E-state index contributed by atoms with van der Waals surface area (Å²) in [5, 5.41) is 0. The first-order chi connectivity index (χ1) is 8.65. The van der Waals surface area contributed by atoms with Gasteiger partial charge in [-0.05, 0) is 70.6 Å². The molecule has 2 aromatic carbocycles. The van der Waals surface area contributed by atoms with Gasteiger partial charge in [-0.1, -0.05) is 34.1 Å². The summed E-state index contributed by atoms with van der Waals surface area (Å²) in [5.74, 6) is 0.0149. The van der Waals surface area contributed by atoms with Crippen molar-refractivity contribution in [2.24, 2.45) is 0 Å². The third-order valence-corrected chi connectivity index (χ3v) is 3.67. The van der Waals surface area contributed by atoms with Crippen LogP contribution in [-0.4, -0.2) is 5.78 Å². The zero-order valence-electron chi connectivity index (χ0n) is 9.44. The van der Waals surface area contributed by atoms with Crippen LogP contribution in [0.15, 0.2) is 59.1 Å². The highest BCUT2D eigenvalue weighted by Gasteiger charge is 2.00. The molecule has 0 spiro atoms. The second-order valence-electron chi connectivity index (χ2n) is 3.76. The van der Waals surface area contributed by atoms with Crippen molar-refractivity contribution < 1.29 is 4.79 Å². The van der Waals surface area contributed by atoms with Crippen LogP contribution in [0.3, 0.4) is 0 Å². The Balaban J connectivity index is 2.11. The van der Waals surface area contributed by atoms with Gasteiger partial charge in [-0.2, -0.15) is 0 Å². The zero-order valence-corrected chi connectivity index (χ0v) is 13.2. The number of carbonyl (C=O) groups excluding carboxylic acids is 1.